The zero-order valence-corrected chi connectivity index (χ0v) is 21.4. The van der Waals surface area contributed by atoms with Crippen LogP contribution in [0.2, 0.25) is 0 Å². The number of hydrogen-bond acceptors (Lipinski definition) is 3. The first-order valence-electron chi connectivity index (χ1n) is 10.5. The lowest BCUT2D eigenvalue weighted by Crippen LogP contribution is -2.18. The topological polar surface area (TPSA) is 87.3 Å². The van der Waals surface area contributed by atoms with Crippen molar-refractivity contribution in [1.82, 2.24) is 0 Å². The zero-order valence-electron chi connectivity index (χ0n) is 18.2. The number of amides is 3. The Morgan fingerprint density at radius 1 is 0.457 bits per heavy atom. The van der Waals surface area contributed by atoms with Crippen molar-refractivity contribution in [1.29, 1.82) is 0 Å². The van der Waals surface area contributed by atoms with E-state index in [1.807, 2.05) is 30.3 Å². The minimum Gasteiger partial charge on any atom is -0.322 e. The first kappa shape index (κ1) is 24.4. The van der Waals surface area contributed by atoms with Crippen LogP contribution in [0.4, 0.5) is 17.1 Å². The third kappa shape index (κ3) is 6.65. The van der Waals surface area contributed by atoms with Gasteiger partial charge in [-0.3, -0.25) is 14.4 Å². The molecule has 0 bridgehead atoms. The summed E-state index contributed by atoms with van der Waals surface area (Å²) >= 11 is 6.73. The van der Waals surface area contributed by atoms with E-state index in [4.69, 9.17) is 0 Å². The summed E-state index contributed by atoms with van der Waals surface area (Å²) in [4.78, 5) is 38.7. The van der Waals surface area contributed by atoms with Gasteiger partial charge in [0, 0.05) is 42.7 Å². The summed E-state index contributed by atoms with van der Waals surface area (Å²) in [6.07, 6.45) is 0. The summed E-state index contributed by atoms with van der Waals surface area (Å²) in [5.74, 6) is -1.18. The second-order valence-corrected chi connectivity index (χ2v) is 9.37. The van der Waals surface area contributed by atoms with Gasteiger partial charge in [0.1, 0.15) is 0 Å². The third-order valence-electron chi connectivity index (χ3n) is 4.96. The third-order valence-corrected chi connectivity index (χ3v) is 6.01. The standard InChI is InChI=1S/C27H19Br2N3O3/c28-20-6-10-22(11-7-20)30-26(34)18-14-19(27(35)31-23-12-8-21(29)9-13-23)16-24(15-18)32-25(33)17-4-2-1-3-5-17/h1-16H,(H,30,34)(H,31,35)(H,32,33). The molecule has 0 aromatic heterocycles. The van der Waals surface area contributed by atoms with Crippen molar-refractivity contribution in [3.8, 4) is 0 Å². The van der Waals surface area contributed by atoms with Gasteiger partial charge < -0.3 is 16.0 Å². The van der Waals surface area contributed by atoms with E-state index in [-0.39, 0.29) is 17.0 Å². The number of carbonyl (C=O) groups is 3. The van der Waals surface area contributed by atoms with Gasteiger partial charge in [0.25, 0.3) is 17.7 Å². The van der Waals surface area contributed by atoms with E-state index < -0.39 is 11.8 Å². The van der Waals surface area contributed by atoms with E-state index in [0.717, 1.165) is 8.95 Å². The van der Waals surface area contributed by atoms with Gasteiger partial charge >= 0.3 is 0 Å². The van der Waals surface area contributed by atoms with Crippen molar-refractivity contribution < 1.29 is 14.4 Å². The predicted octanol–water partition coefficient (Wildman–Crippen LogP) is 6.97. The molecule has 0 atom stereocenters. The molecule has 4 aromatic carbocycles. The summed E-state index contributed by atoms with van der Waals surface area (Å²) < 4.78 is 1.76. The highest BCUT2D eigenvalue weighted by atomic mass is 79.9. The lowest BCUT2D eigenvalue weighted by atomic mass is 10.1. The Morgan fingerprint density at radius 3 is 1.31 bits per heavy atom. The molecule has 0 aliphatic carbocycles. The number of rotatable bonds is 6. The summed E-state index contributed by atoms with van der Waals surface area (Å²) in [7, 11) is 0. The molecule has 0 aliphatic rings. The van der Waals surface area contributed by atoms with Crippen LogP contribution in [0.5, 0.6) is 0 Å². The van der Waals surface area contributed by atoms with Crippen LogP contribution in [-0.4, -0.2) is 17.7 Å². The van der Waals surface area contributed by atoms with Crippen LogP contribution in [-0.2, 0) is 0 Å². The molecule has 35 heavy (non-hydrogen) atoms. The molecule has 174 valence electrons. The number of anilines is 3. The number of hydrogen-bond donors (Lipinski definition) is 3. The normalized spacial score (nSPS) is 10.3. The fraction of sp³-hybridized carbons (Fsp3) is 0. The van der Waals surface area contributed by atoms with Crippen LogP contribution in [0.25, 0.3) is 0 Å². The smallest absolute Gasteiger partial charge is 0.255 e. The first-order chi connectivity index (χ1) is 16.9. The highest BCUT2D eigenvalue weighted by Crippen LogP contribution is 2.21. The summed E-state index contributed by atoms with van der Waals surface area (Å²) in [5.41, 5.74) is 2.41. The van der Waals surface area contributed by atoms with Gasteiger partial charge in [0.2, 0.25) is 0 Å². The molecule has 8 heteroatoms. The predicted molar refractivity (Wildman–Crippen MR) is 145 cm³/mol. The molecule has 3 N–H and O–H groups in total. The zero-order chi connectivity index (χ0) is 24.8. The maximum absolute atomic E-state index is 13.0. The average Bonchev–Trinajstić information content (AvgIpc) is 2.87. The Balaban J connectivity index is 1.63. The van der Waals surface area contributed by atoms with Crippen LogP contribution < -0.4 is 16.0 Å². The van der Waals surface area contributed by atoms with E-state index in [0.29, 0.717) is 22.6 Å². The molecular formula is C27H19Br2N3O3. The van der Waals surface area contributed by atoms with Crippen molar-refractivity contribution in [2.45, 2.75) is 0 Å². The maximum atomic E-state index is 13.0. The minimum absolute atomic E-state index is 0.222. The Kier molecular flexibility index (Phi) is 7.74. The van der Waals surface area contributed by atoms with Crippen LogP contribution in [0, 0.1) is 0 Å². The van der Waals surface area contributed by atoms with E-state index >= 15 is 0 Å². The van der Waals surface area contributed by atoms with E-state index in [1.54, 1.807) is 48.5 Å². The molecule has 0 aliphatic heterocycles. The van der Waals surface area contributed by atoms with Crippen molar-refractivity contribution in [3.05, 3.63) is 123 Å². The van der Waals surface area contributed by atoms with Crippen LogP contribution >= 0.6 is 31.9 Å². The molecule has 3 amide bonds. The van der Waals surface area contributed by atoms with E-state index in [2.05, 4.69) is 47.8 Å². The number of carbonyl (C=O) groups excluding carboxylic acids is 3. The van der Waals surface area contributed by atoms with E-state index in [9.17, 15) is 14.4 Å². The molecule has 4 rings (SSSR count). The molecule has 0 spiro atoms. The molecule has 6 nitrogen and oxygen atoms in total. The SMILES string of the molecule is O=C(Nc1cc(C(=O)Nc2ccc(Br)cc2)cc(C(=O)Nc2ccc(Br)cc2)c1)c1ccccc1. The minimum atomic E-state index is -0.416. The van der Waals surface area contributed by atoms with Crippen molar-refractivity contribution in [2.75, 3.05) is 16.0 Å². The van der Waals surface area contributed by atoms with Crippen molar-refractivity contribution in [2.24, 2.45) is 0 Å². The molecular weight excluding hydrogens is 574 g/mol. The van der Waals surface area contributed by atoms with Crippen molar-refractivity contribution in [3.63, 3.8) is 0 Å². The Labute approximate surface area is 219 Å². The summed E-state index contributed by atoms with van der Waals surface area (Å²) in [6.45, 7) is 0. The number of nitrogens with one attached hydrogen (secondary N) is 3. The van der Waals surface area contributed by atoms with Gasteiger partial charge in [-0.25, -0.2) is 0 Å². The van der Waals surface area contributed by atoms with Gasteiger partial charge in [-0.05, 0) is 78.9 Å². The summed E-state index contributed by atoms with van der Waals surface area (Å²) in [6, 6.07) is 27.5. The molecule has 0 unspecified atom stereocenters. The molecule has 4 aromatic rings. The monoisotopic (exact) mass is 591 g/mol. The lowest BCUT2D eigenvalue weighted by molar-refractivity contribution is 0.101. The molecule has 0 fully saturated rings. The number of halogens is 2. The quantitative estimate of drug-likeness (QED) is 0.226. The first-order valence-corrected chi connectivity index (χ1v) is 12.1. The van der Waals surface area contributed by atoms with Gasteiger partial charge in [0.05, 0.1) is 0 Å². The van der Waals surface area contributed by atoms with Crippen LogP contribution in [0.3, 0.4) is 0 Å². The van der Waals surface area contributed by atoms with Crippen LogP contribution in [0.1, 0.15) is 31.1 Å². The molecule has 0 saturated heterocycles. The van der Waals surface area contributed by atoms with E-state index in [1.165, 1.54) is 18.2 Å². The van der Waals surface area contributed by atoms with Gasteiger partial charge in [0.15, 0.2) is 0 Å². The Hall–Kier alpha value is -3.75. The van der Waals surface area contributed by atoms with Crippen LogP contribution in [0.15, 0.2) is 106 Å². The Bertz CT molecular complexity index is 1300. The largest absolute Gasteiger partial charge is 0.322 e. The molecule has 0 radical (unpaired) electrons. The molecule has 0 heterocycles. The lowest BCUT2D eigenvalue weighted by Gasteiger charge is -2.12. The van der Waals surface area contributed by atoms with Gasteiger partial charge in [-0.15, -0.1) is 0 Å². The highest BCUT2D eigenvalue weighted by Gasteiger charge is 2.16. The maximum Gasteiger partial charge on any atom is 0.255 e. The highest BCUT2D eigenvalue weighted by molar-refractivity contribution is 9.10. The van der Waals surface area contributed by atoms with Crippen molar-refractivity contribution >= 4 is 66.6 Å². The summed E-state index contributed by atoms with van der Waals surface area (Å²) in [5, 5.41) is 8.40. The van der Waals surface area contributed by atoms with Gasteiger partial charge in [-0.1, -0.05) is 50.1 Å². The number of benzene rings is 4. The fourth-order valence-electron chi connectivity index (χ4n) is 3.23. The Morgan fingerprint density at radius 2 is 0.857 bits per heavy atom. The average molecular weight is 593 g/mol. The second kappa shape index (κ2) is 11.1. The van der Waals surface area contributed by atoms with Gasteiger partial charge in [-0.2, -0.15) is 0 Å². The molecule has 0 saturated carbocycles. The second-order valence-electron chi connectivity index (χ2n) is 7.54. The fourth-order valence-corrected chi connectivity index (χ4v) is 3.76.